The van der Waals surface area contributed by atoms with Gasteiger partial charge in [-0.25, -0.2) is 0 Å². The zero-order valence-electron chi connectivity index (χ0n) is 11.5. The molecule has 0 saturated carbocycles. The number of carboxylic acids is 1. The summed E-state index contributed by atoms with van der Waals surface area (Å²) in [6.07, 6.45) is 4.35. The lowest BCUT2D eigenvalue weighted by Gasteiger charge is -2.23. The number of benzene rings is 2. The average Bonchev–Trinajstić information content (AvgIpc) is 2.49. The molecule has 1 N–H and O–H groups in total. The Kier molecular flexibility index (Phi) is 4.36. The van der Waals surface area contributed by atoms with Crippen LogP contribution >= 0.6 is 0 Å². The van der Waals surface area contributed by atoms with Crippen molar-refractivity contribution in [2.45, 2.75) is 18.8 Å². The minimum Gasteiger partial charge on any atom is -0.481 e. The van der Waals surface area contributed by atoms with E-state index in [1.807, 2.05) is 72.8 Å². The smallest absolute Gasteiger partial charge is 0.314 e. The predicted molar refractivity (Wildman–Crippen MR) is 81.5 cm³/mol. The second-order valence-electron chi connectivity index (χ2n) is 5.02. The molecule has 2 aromatic rings. The molecule has 2 aromatic carbocycles. The Morgan fingerprint density at radius 3 is 2.15 bits per heavy atom. The highest BCUT2D eigenvalue weighted by molar-refractivity contribution is 5.81. The van der Waals surface area contributed by atoms with Gasteiger partial charge in [-0.15, -0.1) is 0 Å². The third-order valence-corrected chi connectivity index (χ3v) is 3.52. The van der Waals surface area contributed by atoms with Crippen molar-refractivity contribution in [2.24, 2.45) is 0 Å². The Labute approximate surface area is 119 Å². The Bertz CT molecular complexity index is 587. The second-order valence-corrected chi connectivity index (χ2v) is 5.02. The third kappa shape index (κ3) is 3.15. The summed E-state index contributed by atoms with van der Waals surface area (Å²) in [5, 5.41) is 9.55. The largest absolute Gasteiger partial charge is 0.481 e. The highest BCUT2D eigenvalue weighted by Gasteiger charge is 2.33. The van der Waals surface area contributed by atoms with Crippen molar-refractivity contribution in [2.75, 3.05) is 0 Å². The van der Waals surface area contributed by atoms with E-state index in [0.29, 0.717) is 6.42 Å². The van der Waals surface area contributed by atoms with Gasteiger partial charge < -0.3 is 5.11 Å². The molecule has 0 fully saturated rings. The van der Waals surface area contributed by atoms with Crippen molar-refractivity contribution in [3.8, 4) is 0 Å². The summed E-state index contributed by atoms with van der Waals surface area (Å²) in [6, 6.07) is 19.3. The van der Waals surface area contributed by atoms with Crippen LogP contribution in [0.15, 0.2) is 66.7 Å². The molecular weight excluding hydrogens is 248 g/mol. The molecule has 2 nitrogen and oxygen atoms in total. The van der Waals surface area contributed by atoms with Gasteiger partial charge in [0.25, 0.3) is 0 Å². The summed E-state index contributed by atoms with van der Waals surface area (Å²) < 4.78 is 0. The van der Waals surface area contributed by atoms with Gasteiger partial charge in [-0.3, -0.25) is 4.79 Å². The summed E-state index contributed by atoms with van der Waals surface area (Å²) >= 11 is 0. The van der Waals surface area contributed by atoms with Crippen LogP contribution in [0.4, 0.5) is 0 Å². The van der Waals surface area contributed by atoms with E-state index in [-0.39, 0.29) is 0 Å². The second kappa shape index (κ2) is 6.20. The van der Waals surface area contributed by atoms with Gasteiger partial charge >= 0.3 is 5.97 Å². The van der Waals surface area contributed by atoms with E-state index in [1.165, 1.54) is 0 Å². The Morgan fingerprint density at radius 1 is 1.05 bits per heavy atom. The number of allylic oxidation sites excluding steroid dienone is 1. The molecular formula is C18H18O2. The van der Waals surface area contributed by atoms with E-state index in [2.05, 4.69) is 0 Å². The number of hydrogen-bond acceptors (Lipinski definition) is 1. The van der Waals surface area contributed by atoms with E-state index in [9.17, 15) is 9.90 Å². The maximum absolute atomic E-state index is 11.6. The number of rotatable bonds is 5. The zero-order valence-corrected chi connectivity index (χ0v) is 11.5. The molecule has 0 aliphatic carbocycles. The maximum Gasteiger partial charge on any atom is 0.314 e. The molecule has 0 heterocycles. The average molecular weight is 266 g/mol. The Hall–Kier alpha value is -2.35. The van der Waals surface area contributed by atoms with Crippen molar-refractivity contribution < 1.29 is 9.90 Å². The standard InChI is InChI=1S/C18H18O2/c1-18(17(19)20,16-12-6-3-7-13-16)14-8-11-15-9-4-2-5-10-15/h2-13H,14H2,1H3,(H,19,20). The van der Waals surface area contributed by atoms with Gasteiger partial charge in [0.1, 0.15) is 0 Å². The van der Waals surface area contributed by atoms with Gasteiger partial charge in [-0.05, 0) is 24.5 Å². The molecule has 0 aliphatic rings. The fraction of sp³-hybridized carbons (Fsp3) is 0.167. The maximum atomic E-state index is 11.6. The molecule has 20 heavy (non-hydrogen) atoms. The number of carboxylic acid groups (broad SMARTS) is 1. The monoisotopic (exact) mass is 266 g/mol. The van der Waals surface area contributed by atoms with Crippen LogP contribution in [-0.4, -0.2) is 11.1 Å². The first-order valence-corrected chi connectivity index (χ1v) is 6.63. The number of hydrogen-bond donors (Lipinski definition) is 1. The molecule has 1 atom stereocenters. The predicted octanol–water partition coefficient (Wildman–Crippen LogP) is 4.13. The van der Waals surface area contributed by atoms with Crippen LogP contribution in [0, 0.1) is 0 Å². The molecule has 2 rings (SSSR count). The molecule has 0 spiro atoms. The van der Waals surface area contributed by atoms with Crippen LogP contribution in [0.2, 0.25) is 0 Å². The van der Waals surface area contributed by atoms with Crippen LogP contribution in [-0.2, 0) is 10.2 Å². The van der Waals surface area contributed by atoms with Gasteiger partial charge in [0.05, 0.1) is 5.41 Å². The van der Waals surface area contributed by atoms with Crippen LogP contribution in [0.25, 0.3) is 6.08 Å². The van der Waals surface area contributed by atoms with Crippen molar-refractivity contribution in [1.82, 2.24) is 0 Å². The summed E-state index contributed by atoms with van der Waals surface area (Å²) in [4.78, 5) is 11.6. The molecule has 0 aromatic heterocycles. The van der Waals surface area contributed by atoms with E-state index < -0.39 is 11.4 Å². The molecule has 0 bridgehead atoms. The zero-order chi connectivity index (χ0) is 14.4. The lowest BCUT2D eigenvalue weighted by atomic mass is 9.79. The molecule has 0 amide bonds. The van der Waals surface area contributed by atoms with Crippen LogP contribution < -0.4 is 0 Å². The first kappa shape index (κ1) is 14.1. The lowest BCUT2D eigenvalue weighted by molar-refractivity contribution is -0.143. The lowest BCUT2D eigenvalue weighted by Crippen LogP contribution is -2.31. The van der Waals surface area contributed by atoms with Crippen molar-refractivity contribution >= 4 is 12.0 Å². The third-order valence-electron chi connectivity index (χ3n) is 3.52. The fourth-order valence-electron chi connectivity index (χ4n) is 2.13. The topological polar surface area (TPSA) is 37.3 Å². The quantitative estimate of drug-likeness (QED) is 0.883. The van der Waals surface area contributed by atoms with Crippen molar-refractivity contribution in [3.63, 3.8) is 0 Å². The van der Waals surface area contributed by atoms with Crippen molar-refractivity contribution in [1.29, 1.82) is 0 Å². The Balaban J connectivity index is 2.19. The summed E-state index contributed by atoms with van der Waals surface area (Å²) in [6.45, 7) is 1.76. The van der Waals surface area contributed by atoms with E-state index in [1.54, 1.807) is 6.92 Å². The van der Waals surface area contributed by atoms with Gasteiger partial charge in [0.2, 0.25) is 0 Å². The molecule has 102 valence electrons. The SMILES string of the molecule is CC(CC=Cc1ccccc1)(C(=O)O)c1ccccc1. The molecule has 2 heteroatoms. The summed E-state index contributed by atoms with van der Waals surface area (Å²) in [7, 11) is 0. The van der Waals surface area contributed by atoms with Crippen LogP contribution in [0.5, 0.6) is 0 Å². The minimum atomic E-state index is -0.896. The van der Waals surface area contributed by atoms with E-state index in [4.69, 9.17) is 0 Å². The van der Waals surface area contributed by atoms with Crippen LogP contribution in [0.1, 0.15) is 24.5 Å². The van der Waals surface area contributed by atoms with Crippen molar-refractivity contribution in [3.05, 3.63) is 77.9 Å². The van der Waals surface area contributed by atoms with Gasteiger partial charge in [-0.1, -0.05) is 72.8 Å². The first-order chi connectivity index (χ1) is 9.63. The molecule has 0 radical (unpaired) electrons. The molecule has 0 saturated heterocycles. The highest BCUT2D eigenvalue weighted by atomic mass is 16.4. The Morgan fingerprint density at radius 2 is 1.60 bits per heavy atom. The number of aliphatic carboxylic acids is 1. The van der Waals surface area contributed by atoms with E-state index in [0.717, 1.165) is 11.1 Å². The van der Waals surface area contributed by atoms with Crippen LogP contribution in [0.3, 0.4) is 0 Å². The fourth-order valence-corrected chi connectivity index (χ4v) is 2.13. The van der Waals surface area contributed by atoms with Gasteiger partial charge in [0.15, 0.2) is 0 Å². The number of carbonyl (C=O) groups is 1. The van der Waals surface area contributed by atoms with Gasteiger partial charge in [-0.2, -0.15) is 0 Å². The molecule has 1 unspecified atom stereocenters. The highest BCUT2D eigenvalue weighted by Crippen LogP contribution is 2.28. The van der Waals surface area contributed by atoms with E-state index >= 15 is 0 Å². The molecule has 0 aliphatic heterocycles. The van der Waals surface area contributed by atoms with Gasteiger partial charge in [0, 0.05) is 0 Å². The summed E-state index contributed by atoms with van der Waals surface area (Å²) in [5.74, 6) is -0.804. The first-order valence-electron chi connectivity index (χ1n) is 6.63. The summed E-state index contributed by atoms with van der Waals surface area (Å²) in [5.41, 5.74) is 1.01. The minimum absolute atomic E-state index is 0.460. The normalized spacial score (nSPS) is 14.1.